The molecule has 2 aromatic rings. The number of aromatic nitrogens is 3. The molecule has 0 radical (unpaired) electrons. The number of rotatable bonds is 2. The molecule has 1 aliphatic rings. The molecule has 3 rings (SSSR count). The van der Waals surface area contributed by atoms with Crippen LogP contribution in [0, 0.1) is 8.34 Å². The first-order chi connectivity index (χ1) is 8.16. The summed E-state index contributed by atoms with van der Waals surface area (Å²) >= 11 is 11.2. The minimum Gasteiger partial charge on any atom is -0.297 e. The molecule has 1 aliphatic carbocycles. The zero-order valence-corrected chi connectivity index (χ0v) is 13.3. The predicted molar refractivity (Wildman–Crippen MR) is 81.5 cm³/mol. The zero-order chi connectivity index (χ0) is 12.0. The van der Waals surface area contributed by atoms with Gasteiger partial charge in [0.2, 0.25) is 0 Å². The van der Waals surface area contributed by atoms with E-state index < -0.39 is 0 Å². The number of benzene rings is 1. The monoisotopic (exact) mass is 421 g/mol. The van der Waals surface area contributed by atoms with Gasteiger partial charge in [0.25, 0.3) is 0 Å². The van der Waals surface area contributed by atoms with Crippen LogP contribution in [0.4, 0.5) is 0 Å². The van der Waals surface area contributed by atoms with Gasteiger partial charge < -0.3 is 0 Å². The standard InChI is InChI=1S/C11H9BrIN3S/c12-9-4-1-6(13)5-8(9)10-14-15-11(17)16(10)7-2-3-7/h1,4-5,7H,2-3H2,(H,15,17). The van der Waals surface area contributed by atoms with E-state index in [1.807, 2.05) is 6.07 Å². The van der Waals surface area contributed by atoms with Crippen molar-refractivity contribution in [2.45, 2.75) is 18.9 Å². The summed E-state index contributed by atoms with van der Waals surface area (Å²) in [4.78, 5) is 0. The first-order valence-corrected chi connectivity index (χ1v) is 7.57. The van der Waals surface area contributed by atoms with E-state index >= 15 is 0 Å². The Morgan fingerprint density at radius 1 is 1.47 bits per heavy atom. The molecule has 0 saturated heterocycles. The molecule has 1 aromatic heterocycles. The third kappa shape index (κ3) is 2.22. The van der Waals surface area contributed by atoms with Crippen molar-refractivity contribution in [1.29, 1.82) is 0 Å². The van der Waals surface area contributed by atoms with E-state index in [1.165, 1.54) is 16.4 Å². The molecule has 0 spiro atoms. The van der Waals surface area contributed by atoms with Crippen LogP contribution in [0.15, 0.2) is 22.7 Å². The lowest BCUT2D eigenvalue weighted by Crippen LogP contribution is -1.98. The van der Waals surface area contributed by atoms with Crippen molar-refractivity contribution in [3.63, 3.8) is 0 Å². The van der Waals surface area contributed by atoms with Crippen LogP contribution in [0.2, 0.25) is 0 Å². The number of H-pyrrole nitrogens is 1. The number of hydrogen-bond donors (Lipinski definition) is 1. The predicted octanol–water partition coefficient (Wildman–Crippen LogP) is 4.31. The minimum absolute atomic E-state index is 0.529. The average molecular weight is 422 g/mol. The van der Waals surface area contributed by atoms with Gasteiger partial charge in [0.1, 0.15) is 0 Å². The SMILES string of the molecule is S=c1[nH]nc(-c2cc(I)ccc2Br)n1C1CC1. The fraction of sp³-hybridized carbons (Fsp3) is 0.273. The molecule has 1 fully saturated rings. The van der Waals surface area contributed by atoms with E-state index in [9.17, 15) is 0 Å². The number of nitrogens with one attached hydrogen (secondary N) is 1. The van der Waals surface area contributed by atoms with Crippen LogP contribution in [-0.4, -0.2) is 14.8 Å². The normalized spacial score (nSPS) is 15.2. The highest BCUT2D eigenvalue weighted by atomic mass is 127. The Hall–Kier alpha value is -0.210. The van der Waals surface area contributed by atoms with Crippen LogP contribution < -0.4 is 0 Å². The maximum absolute atomic E-state index is 5.29. The van der Waals surface area contributed by atoms with Gasteiger partial charge in [-0.3, -0.25) is 9.67 Å². The number of nitrogens with zero attached hydrogens (tertiary/aromatic N) is 2. The molecule has 17 heavy (non-hydrogen) atoms. The smallest absolute Gasteiger partial charge is 0.195 e. The van der Waals surface area contributed by atoms with Gasteiger partial charge in [0.15, 0.2) is 10.6 Å². The van der Waals surface area contributed by atoms with Crippen LogP contribution in [0.5, 0.6) is 0 Å². The van der Waals surface area contributed by atoms with Crippen LogP contribution >= 0.6 is 50.7 Å². The maximum atomic E-state index is 5.29. The molecule has 0 unspecified atom stereocenters. The number of aromatic amines is 1. The molecule has 0 aliphatic heterocycles. The minimum atomic E-state index is 0.529. The van der Waals surface area contributed by atoms with Crippen LogP contribution in [0.1, 0.15) is 18.9 Å². The lowest BCUT2D eigenvalue weighted by Gasteiger charge is -2.07. The molecule has 6 heteroatoms. The van der Waals surface area contributed by atoms with E-state index in [-0.39, 0.29) is 0 Å². The lowest BCUT2D eigenvalue weighted by atomic mass is 10.2. The van der Waals surface area contributed by atoms with E-state index in [0.29, 0.717) is 10.8 Å². The Kier molecular flexibility index (Phi) is 3.12. The highest BCUT2D eigenvalue weighted by molar-refractivity contribution is 14.1. The van der Waals surface area contributed by atoms with Gasteiger partial charge in [-0.15, -0.1) is 0 Å². The maximum Gasteiger partial charge on any atom is 0.195 e. The number of halogens is 2. The third-order valence-corrected chi connectivity index (χ3v) is 4.44. The zero-order valence-electron chi connectivity index (χ0n) is 8.78. The van der Waals surface area contributed by atoms with E-state index in [4.69, 9.17) is 12.2 Å². The van der Waals surface area contributed by atoms with E-state index in [0.717, 1.165) is 15.9 Å². The van der Waals surface area contributed by atoms with Crippen LogP contribution in [0.3, 0.4) is 0 Å². The molecular formula is C11H9BrIN3S. The summed E-state index contributed by atoms with van der Waals surface area (Å²) in [6.07, 6.45) is 2.39. The highest BCUT2D eigenvalue weighted by Crippen LogP contribution is 2.39. The fourth-order valence-electron chi connectivity index (χ4n) is 1.84. The van der Waals surface area contributed by atoms with Crippen molar-refractivity contribution < 1.29 is 0 Å². The molecule has 0 amide bonds. The van der Waals surface area contributed by atoms with E-state index in [1.54, 1.807) is 0 Å². The van der Waals surface area contributed by atoms with Crippen LogP contribution in [-0.2, 0) is 0 Å². The first kappa shape index (κ1) is 11.9. The summed E-state index contributed by atoms with van der Waals surface area (Å²) in [6.45, 7) is 0. The Bertz CT molecular complexity index is 630. The Labute approximate surface area is 126 Å². The third-order valence-electron chi connectivity index (χ3n) is 2.79. The molecule has 1 N–H and O–H groups in total. The quantitative estimate of drug-likeness (QED) is 0.579. The molecule has 3 nitrogen and oxygen atoms in total. The van der Waals surface area contributed by atoms with Gasteiger partial charge in [-0.2, -0.15) is 5.10 Å². The first-order valence-electron chi connectivity index (χ1n) is 5.29. The molecule has 1 saturated carbocycles. The van der Waals surface area contributed by atoms with Gasteiger partial charge >= 0.3 is 0 Å². The molecule has 0 atom stereocenters. The summed E-state index contributed by atoms with van der Waals surface area (Å²) in [7, 11) is 0. The van der Waals surface area contributed by atoms with Crippen molar-refractivity contribution in [1.82, 2.24) is 14.8 Å². The van der Waals surface area contributed by atoms with Crippen LogP contribution in [0.25, 0.3) is 11.4 Å². The molecule has 1 heterocycles. The largest absolute Gasteiger partial charge is 0.297 e. The molecule has 0 bridgehead atoms. The van der Waals surface area contributed by atoms with Gasteiger partial charge in [-0.05, 0) is 65.8 Å². The van der Waals surface area contributed by atoms with Crippen molar-refractivity contribution in [2.75, 3.05) is 0 Å². The van der Waals surface area contributed by atoms with Gasteiger partial charge in [0.05, 0.1) is 0 Å². The summed E-state index contributed by atoms with van der Waals surface area (Å²) in [5, 5.41) is 7.26. The molecule has 1 aromatic carbocycles. The second-order valence-corrected chi connectivity index (χ2v) is 6.56. The lowest BCUT2D eigenvalue weighted by molar-refractivity contribution is 0.735. The van der Waals surface area contributed by atoms with Crippen molar-refractivity contribution >= 4 is 50.7 Å². The van der Waals surface area contributed by atoms with Gasteiger partial charge in [-0.1, -0.05) is 15.9 Å². The number of hydrogen-bond acceptors (Lipinski definition) is 2. The van der Waals surface area contributed by atoms with Crippen molar-refractivity contribution in [2.24, 2.45) is 0 Å². The Balaban J connectivity index is 2.21. The van der Waals surface area contributed by atoms with E-state index in [2.05, 4.69) is 65.4 Å². The van der Waals surface area contributed by atoms with Gasteiger partial charge in [-0.25, -0.2) is 0 Å². The Morgan fingerprint density at radius 3 is 2.94 bits per heavy atom. The van der Waals surface area contributed by atoms with Gasteiger partial charge in [0, 0.05) is 19.6 Å². The second-order valence-electron chi connectivity index (χ2n) is 4.08. The summed E-state index contributed by atoms with van der Waals surface area (Å²) < 4.78 is 5.09. The second kappa shape index (κ2) is 4.47. The fourth-order valence-corrected chi connectivity index (χ4v) is 3.03. The van der Waals surface area contributed by atoms with Crippen molar-refractivity contribution in [3.8, 4) is 11.4 Å². The van der Waals surface area contributed by atoms with Crippen molar-refractivity contribution in [3.05, 3.63) is 31.0 Å². The topological polar surface area (TPSA) is 33.6 Å². The molecule has 88 valence electrons. The summed E-state index contributed by atoms with van der Waals surface area (Å²) in [5.74, 6) is 0.933. The average Bonchev–Trinajstić information content (AvgIpc) is 3.06. The molecular weight excluding hydrogens is 413 g/mol. The summed E-state index contributed by atoms with van der Waals surface area (Å²) in [5.41, 5.74) is 1.09. The summed E-state index contributed by atoms with van der Waals surface area (Å²) in [6, 6.07) is 6.76. The highest BCUT2D eigenvalue weighted by Gasteiger charge is 2.28. The Morgan fingerprint density at radius 2 is 2.24 bits per heavy atom.